The minimum atomic E-state index is 0. The van der Waals surface area contributed by atoms with Crippen LogP contribution in [0.2, 0.25) is 5.02 Å². The van der Waals surface area contributed by atoms with Crippen molar-refractivity contribution in [1.82, 2.24) is 15.4 Å². The van der Waals surface area contributed by atoms with E-state index in [-0.39, 0.29) is 30.9 Å². The molecule has 1 aliphatic carbocycles. The van der Waals surface area contributed by atoms with Gasteiger partial charge in [-0.1, -0.05) is 54.3 Å². The Morgan fingerprint density at radius 2 is 1.73 bits per heavy atom. The Labute approximate surface area is 195 Å². The van der Waals surface area contributed by atoms with Crippen molar-refractivity contribution in [3.63, 3.8) is 0 Å². The maximum atomic E-state index is 5.98. The lowest BCUT2D eigenvalue weighted by molar-refractivity contribution is 0.328. The summed E-state index contributed by atoms with van der Waals surface area (Å²) in [5.74, 6) is 6.90. The molecule has 0 saturated heterocycles. The molecule has 30 heavy (non-hydrogen) atoms. The molecule has 7 heteroatoms. The van der Waals surface area contributed by atoms with E-state index < -0.39 is 0 Å². The van der Waals surface area contributed by atoms with E-state index in [1.54, 1.807) is 0 Å². The van der Waals surface area contributed by atoms with Gasteiger partial charge in [0.2, 0.25) is 0 Å². The second-order valence-corrected chi connectivity index (χ2v) is 7.97. The average Bonchev–Trinajstić information content (AvgIpc) is 2.73. The largest absolute Gasteiger partial charge is 0.271 e. The smallest absolute Gasteiger partial charge is 0.152 e. The highest BCUT2D eigenvalue weighted by atomic mass is 35.5. The lowest BCUT2D eigenvalue weighted by Crippen LogP contribution is -2.41. The van der Waals surface area contributed by atoms with Crippen LogP contribution in [0.15, 0.2) is 42.5 Å². The van der Waals surface area contributed by atoms with Crippen molar-refractivity contribution in [2.24, 2.45) is 5.84 Å². The van der Waals surface area contributed by atoms with Crippen molar-refractivity contribution < 1.29 is 0 Å². The zero-order valence-corrected chi connectivity index (χ0v) is 19.2. The Kier molecular flexibility index (Phi) is 9.08. The summed E-state index contributed by atoms with van der Waals surface area (Å²) >= 11 is 5.98. The number of hydrazine groups is 1. The fourth-order valence-corrected chi connectivity index (χ4v) is 4.17. The monoisotopic (exact) mass is 464 g/mol. The standard InChI is InChI=1S/C23H25ClN4.2ClH/c1-15-6-12-20-19(14-15)23(18-4-2-3-5-21(18)28-25)27-22(26-20)13-9-16-7-10-17(24)11-8-16;;/h6-14,18,21,28H,2-5,25H2,1H3;2*1H/t18-,21-;;/m1../s1. The van der Waals surface area contributed by atoms with Gasteiger partial charge < -0.3 is 0 Å². The van der Waals surface area contributed by atoms with Gasteiger partial charge in [0, 0.05) is 22.4 Å². The fourth-order valence-electron chi connectivity index (χ4n) is 4.04. The summed E-state index contributed by atoms with van der Waals surface area (Å²) in [5.41, 5.74) is 7.39. The van der Waals surface area contributed by atoms with Crippen molar-refractivity contribution in [3.05, 3.63) is 70.1 Å². The number of aryl methyl sites for hydroxylation is 1. The molecule has 0 radical (unpaired) electrons. The summed E-state index contributed by atoms with van der Waals surface area (Å²) in [6, 6.07) is 14.4. The highest BCUT2D eigenvalue weighted by molar-refractivity contribution is 6.30. The number of rotatable bonds is 4. The molecule has 0 spiro atoms. The van der Waals surface area contributed by atoms with E-state index in [1.807, 2.05) is 36.4 Å². The van der Waals surface area contributed by atoms with E-state index in [9.17, 15) is 0 Å². The van der Waals surface area contributed by atoms with Crippen LogP contribution >= 0.6 is 36.4 Å². The maximum Gasteiger partial charge on any atom is 0.152 e. The maximum absolute atomic E-state index is 5.98. The molecule has 0 amide bonds. The first-order chi connectivity index (χ1) is 13.6. The SMILES string of the molecule is Cc1ccc2nc(C=Cc3ccc(Cl)cc3)nc([C@@H]3CCCC[C@H]3NN)c2c1.Cl.Cl. The second kappa shape index (κ2) is 11.1. The summed E-state index contributed by atoms with van der Waals surface area (Å²) in [4.78, 5) is 9.76. The number of nitrogens with two attached hydrogens (primary N) is 1. The second-order valence-electron chi connectivity index (χ2n) is 7.54. The molecular weight excluding hydrogens is 439 g/mol. The van der Waals surface area contributed by atoms with E-state index in [2.05, 4.69) is 30.5 Å². The number of halogens is 3. The third-order valence-corrected chi connectivity index (χ3v) is 5.78. The molecule has 1 fully saturated rings. The third-order valence-electron chi connectivity index (χ3n) is 5.52. The number of nitrogens with zero attached hydrogens (tertiary/aromatic N) is 2. The molecule has 1 heterocycles. The molecule has 1 aliphatic rings. The number of benzene rings is 2. The highest BCUT2D eigenvalue weighted by Gasteiger charge is 2.28. The predicted octanol–water partition coefficient (Wildman–Crippen LogP) is 6.10. The van der Waals surface area contributed by atoms with Gasteiger partial charge in [0.05, 0.1) is 11.2 Å². The molecule has 2 aromatic carbocycles. The van der Waals surface area contributed by atoms with Crippen LogP contribution in [-0.4, -0.2) is 16.0 Å². The zero-order valence-electron chi connectivity index (χ0n) is 16.8. The molecule has 3 N–H and O–H groups in total. The molecular formula is C23H27Cl3N4. The van der Waals surface area contributed by atoms with Crippen molar-refractivity contribution >= 4 is 59.5 Å². The van der Waals surface area contributed by atoms with Crippen LogP contribution in [-0.2, 0) is 0 Å². The van der Waals surface area contributed by atoms with Crippen LogP contribution in [0.4, 0.5) is 0 Å². The van der Waals surface area contributed by atoms with Crippen molar-refractivity contribution in [2.45, 2.75) is 44.6 Å². The van der Waals surface area contributed by atoms with Gasteiger partial charge in [-0.15, -0.1) is 24.8 Å². The number of fused-ring (bicyclic) bond motifs is 1. The van der Waals surface area contributed by atoms with Gasteiger partial charge in [-0.05, 0) is 55.7 Å². The molecule has 0 bridgehead atoms. The highest BCUT2D eigenvalue weighted by Crippen LogP contribution is 2.35. The van der Waals surface area contributed by atoms with Crippen LogP contribution in [0.25, 0.3) is 23.1 Å². The first-order valence-corrected chi connectivity index (χ1v) is 10.2. The van der Waals surface area contributed by atoms with Crippen LogP contribution in [0.3, 0.4) is 0 Å². The minimum absolute atomic E-state index is 0. The normalized spacial score (nSPS) is 18.8. The van der Waals surface area contributed by atoms with Gasteiger partial charge in [0.1, 0.15) is 0 Å². The first kappa shape index (κ1) is 24.6. The molecule has 160 valence electrons. The number of hydrogen-bond donors (Lipinski definition) is 2. The average molecular weight is 466 g/mol. The minimum Gasteiger partial charge on any atom is -0.271 e. The Balaban J connectivity index is 0.00000160. The van der Waals surface area contributed by atoms with E-state index in [1.165, 1.54) is 18.4 Å². The van der Waals surface area contributed by atoms with Gasteiger partial charge in [0.15, 0.2) is 5.82 Å². The summed E-state index contributed by atoms with van der Waals surface area (Å²) in [5, 5.41) is 1.87. The molecule has 1 aromatic heterocycles. The predicted molar refractivity (Wildman–Crippen MR) is 131 cm³/mol. The summed E-state index contributed by atoms with van der Waals surface area (Å²) in [7, 11) is 0. The van der Waals surface area contributed by atoms with Crippen LogP contribution < -0.4 is 11.3 Å². The molecule has 4 nitrogen and oxygen atoms in total. The Hall–Kier alpha value is -1.69. The van der Waals surface area contributed by atoms with Gasteiger partial charge in [-0.25, -0.2) is 9.97 Å². The van der Waals surface area contributed by atoms with Crippen LogP contribution in [0.5, 0.6) is 0 Å². The topological polar surface area (TPSA) is 63.8 Å². The van der Waals surface area contributed by atoms with Crippen LogP contribution in [0.1, 0.15) is 54.2 Å². The van der Waals surface area contributed by atoms with Gasteiger partial charge in [-0.3, -0.25) is 11.3 Å². The van der Waals surface area contributed by atoms with Gasteiger partial charge >= 0.3 is 0 Å². The molecule has 1 saturated carbocycles. The van der Waals surface area contributed by atoms with E-state index >= 15 is 0 Å². The number of aromatic nitrogens is 2. The van der Waals surface area contributed by atoms with Gasteiger partial charge in [0.25, 0.3) is 0 Å². The molecule has 4 rings (SSSR count). The molecule has 0 unspecified atom stereocenters. The fraction of sp³-hybridized carbons (Fsp3) is 0.304. The summed E-state index contributed by atoms with van der Waals surface area (Å²) < 4.78 is 0. The van der Waals surface area contributed by atoms with Crippen LogP contribution in [0, 0.1) is 6.92 Å². The summed E-state index contributed by atoms with van der Waals surface area (Å²) in [6.45, 7) is 2.11. The van der Waals surface area contributed by atoms with Gasteiger partial charge in [-0.2, -0.15) is 0 Å². The van der Waals surface area contributed by atoms with E-state index in [4.69, 9.17) is 27.4 Å². The van der Waals surface area contributed by atoms with E-state index in [0.717, 1.165) is 45.8 Å². The Morgan fingerprint density at radius 3 is 2.47 bits per heavy atom. The van der Waals surface area contributed by atoms with Crippen molar-refractivity contribution in [2.75, 3.05) is 0 Å². The lowest BCUT2D eigenvalue weighted by Gasteiger charge is -2.31. The Morgan fingerprint density at radius 1 is 1.00 bits per heavy atom. The third kappa shape index (κ3) is 5.51. The number of nitrogens with one attached hydrogen (secondary N) is 1. The molecule has 2 atom stereocenters. The first-order valence-electron chi connectivity index (χ1n) is 9.82. The Bertz CT molecular complexity index is 1010. The van der Waals surface area contributed by atoms with E-state index in [0.29, 0.717) is 5.92 Å². The molecule has 0 aliphatic heterocycles. The lowest BCUT2D eigenvalue weighted by atomic mass is 9.81. The summed E-state index contributed by atoms with van der Waals surface area (Å²) in [6.07, 6.45) is 8.57. The van der Waals surface area contributed by atoms with Crippen molar-refractivity contribution in [3.8, 4) is 0 Å². The molecule has 3 aromatic rings. The quantitative estimate of drug-likeness (QED) is 0.361. The zero-order chi connectivity index (χ0) is 19.5. The van der Waals surface area contributed by atoms with Crippen molar-refractivity contribution in [1.29, 1.82) is 0 Å². The number of hydrogen-bond acceptors (Lipinski definition) is 4.